The minimum absolute atomic E-state index is 0.0662. The van der Waals surface area contributed by atoms with Crippen LogP contribution in [0.15, 0.2) is 52.7 Å². The van der Waals surface area contributed by atoms with Crippen LogP contribution < -0.4 is 15.2 Å². The standard InChI is InChI=1S/C21H16ClN3O5S2/c1-12-7-15(32(23,28)29)4-5-17(12)25-20(26)10-30-18-6-3-13(22)8-16(18)21(27)19-9-14(24-2)11-31-19/h3-9,11H,10H2,1H3,(H,25,26)(H2,23,28,29). The molecule has 0 radical (unpaired) electrons. The molecule has 164 valence electrons. The normalized spacial score (nSPS) is 10.9. The number of amides is 1. The molecule has 0 bridgehead atoms. The van der Waals surface area contributed by atoms with E-state index in [-0.39, 0.29) is 22.0 Å². The molecule has 3 N–H and O–H groups in total. The molecule has 0 saturated heterocycles. The Bertz CT molecular complexity index is 1360. The van der Waals surface area contributed by atoms with E-state index in [4.69, 9.17) is 28.0 Å². The number of anilines is 1. The van der Waals surface area contributed by atoms with Crippen LogP contribution in [0.1, 0.15) is 20.8 Å². The number of primary sulfonamides is 1. The highest BCUT2D eigenvalue weighted by Gasteiger charge is 2.19. The third-order valence-electron chi connectivity index (χ3n) is 4.28. The first kappa shape index (κ1) is 23.4. The fourth-order valence-corrected chi connectivity index (χ4v) is 4.27. The van der Waals surface area contributed by atoms with E-state index in [2.05, 4.69) is 10.2 Å². The molecule has 0 atom stereocenters. The Morgan fingerprint density at radius 1 is 1.22 bits per heavy atom. The quantitative estimate of drug-likeness (QED) is 0.381. The lowest BCUT2D eigenvalue weighted by Crippen LogP contribution is -2.21. The first-order valence-corrected chi connectivity index (χ1v) is 11.7. The summed E-state index contributed by atoms with van der Waals surface area (Å²) < 4.78 is 28.4. The van der Waals surface area contributed by atoms with Crippen molar-refractivity contribution < 1.29 is 22.7 Å². The number of nitrogens with two attached hydrogens (primary N) is 1. The van der Waals surface area contributed by atoms with Crippen molar-refractivity contribution >= 4 is 56.0 Å². The molecule has 0 unspecified atom stereocenters. The van der Waals surface area contributed by atoms with E-state index in [0.717, 1.165) is 11.3 Å². The van der Waals surface area contributed by atoms with Crippen LogP contribution >= 0.6 is 22.9 Å². The Hall–Kier alpha value is -3.23. The molecule has 3 aromatic rings. The summed E-state index contributed by atoms with van der Waals surface area (Å²) >= 11 is 7.16. The van der Waals surface area contributed by atoms with E-state index < -0.39 is 22.5 Å². The number of carbonyl (C=O) groups excluding carboxylic acids is 2. The minimum atomic E-state index is -3.85. The van der Waals surface area contributed by atoms with Crippen LogP contribution in [0.5, 0.6) is 5.75 Å². The van der Waals surface area contributed by atoms with Gasteiger partial charge >= 0.3 is 0 Å². The number of nitrogens with one attached hydrogen (secondary N) is 1. The molecule has 1 aromatic heterocycles. The highest BCUT2D eigenvalue weighted by molar-refractivity contribution is 7.89. The Labute approximate surface area is 193 Å². The van der Waals surface area contributed by atoms with Gasteiger partial charge in [0.2, 0.25) is 15.8 Å². The maximum Gasteiger partial charge on any atom is 0.262 e. The zero-order chi connectivity index (χ0) is 23.5. The van der Waals surface area contributed by atoms with Gasteiger partial charge in [0.05, 0.1) is 21.9 Å². The molecular weight excluding hydrogens is 474 g/mol. The number of sulfonamides is 1. The van der Waals surface area contributed by atoms with E-state index >= 15 is 0 Å². The number of ether oxygens (including phenoxy) is 1. The maximum atomic E-state index is 12.9. The molecule has 0 spiro atoms. The Morgan fingerprint density at radius 3 is 2.59 bits per heavy atom. The largest absolute Gasteiger partial charge is 0.483 e. The molecule has 0 saturated carbocycles. The molecular formula is C21H16ClN3O5S2. The van der Waals surface area contributed by atoms with Crippen LogP contribution in [0, 0.1) is 13.5 Å². The van der Waals surface area contributed by atoms with Gasteiger partial charge in [0.15, 0.2) is 12.3 Å². The van der Waals surface area contributed by atoms with Crippen molar-refractivity contribution in [3.05, 3.63) is 80.3 Å². The van der Waals surface area contributed by atoms with Gasteiger partial charge in [-0.1, -0.05) is 11.6 Å². The van der Waals surface area contributed by atoms with Crippen molar-refractivity contribution in [3.63, 3.8) is 0 Å². The van der Waals surface area contributed by atoms with E-state index in [1.165, 1.54) is 42.5 Å². The average molecular weight is 490 g/mol. The van der Waals surface area contributed by atoms with E-state index in [1.807, 2.05) is 0 Å². The van der Waals surface area contributed by atoms with Crippen LogP contribution in [0.25, 0.3) is 4.85 Å². The van der Waals surface area contributed by atoms with Crippen molar-refractivity contribution in [3.8, 4) is 5.75 Å². The monoisotopic (exact) mass is 489 g/mol. The van der Waals surface area contributed by atoms with Gasteiger partial charge in [-0.2, -0.15) is 11.3 Å². The van der Waals surface area contributed by atoms with Crippen molar-refractivity contribution in [2.24, 2.45) is 5.14 Å². The van der Waals surface area contributed by atoms with E-state index in [1.54, 1.807) is 12.3 Å². The van der Waals surface area contributed by atoms with Gasteiger partial charge in [0, 0.05) is 10.7 Å². The van der Waals surface area contributed by atoms with E-state index in [0.29, 0.717) is 26.8 Å². The van der Waals surface area contributed by atoms with Crippen molar-refractivity contribution in [2.45, 2.75) is 11.8 Å². The summed E-state index contributed by atoms with van der Waals surface area (Å²) in [4.78, 5) is 28.8. The second kappa shape index (κ2) is 9.50. The van der Waals surface area contributed by atoms with Gasteiger partial charge in [0.1, 0.15) is 5.75 Å². The first-order valence-electron chi connectivity index (χ1n) is 8.95. The Morgan fingerprint density at radius 2 is 1.97 bits per heavy atom. The number of carbonyl (C=O) groups is 2. The number of halogens is 1. The Balaban J connectivity index is 1.74. The molecule has 0 fully saturated rings. The first-order chi connectivity index (χ1) is 15.1. The lowest BCUT2D eigenvalue weighted by Gasteiger charge is -2.13. The molecule has 0 aliphatic rings. The average Bonchev–Trinajstić information content (AvgIpc) is 3.22. The number of rotatable bonds is 7. The van der Waals surface area contributed by atoms with Crippen molar-refractivity contribution in [1.82, 2.24) is 0 Å². The molecule has 32 heavy (non-hydrogen) atoms. The molecule has 0 aliphatic carbocycles. The molecule has 0 aliphatic heterocycles. The minimum Gasteiger partial charge on any atom is -0.483 e. The zero-order valence-electron chi connectivity index (χ0n) is 16.6. The summed E-state index contributed by atoms with van der Waals surface area (Å²) in [6.45, 7) is 8.25. The number of thiophene rings is 1. The van der Waals surface area contributed by atoms with Crippen LogP contribution in [-0.2, 0) is 14.8 Å². The van der Waals surface area contributed by atoms with Crippen LogP contribution in [0.3, 0.4) is 0 Å². The topological polar surface area (TPSA) is 120 Å². The molecule has 8 nitrogen and oxygen atoms in total. The van der Waals surface area contributed by atoms with Gasteiger partial charge in [0.25, 0.3) is 5.91 Å². The molecule has 3 rings (SSSR count). The number of nitrogens with zero attached hydrogens (tertiary/aromatic N) is 1. The van der Waals surface area contributed by atoms with Gasteiger partial charge in [-0.3, -0.25) is 9.59 Å². The third-order valence-corrected chi connectivity index (χ3v) is 6.35. The molecule has 1 amide bonds. The fraction of sp³-hybridized carbons (Fsp3) is 0.0952. The summed E-state index contributed by atoms with van der Waals surface area (Å²) in [7, 11) is -3.85. The number of ketones is 1. The highest BCUT2D eigenvalue weighted by atomic mass is 35.5. The van der Waals surface area contributed by atoms with Gasteiger partial charge < -0.3 is 10.1 Å². The predicted molar refractivity (Wildman–Crippen MR) is 122 cm³/mol. The summed E-state index contributed by atoms with van der Waals surface area (Å²) in [5, 5.41) is 9.61. The van der Waals surface area contributed by atoms with Gasteiger partial charge in [-0.25, -0.2) is 18.4 Å². The van der Waals surface area contributed by atoms with Crippen molar-refractivity contribution in [2.75, 3.05) is 11.9 Å². The predicted octanol–water partition coefficient (Wildman–Crippen LogP) is 4.16. The molecule has 1 heterocycles. The van der Waals surface area contributed by atoms with E-state index in [9.17, 15) is 18.0 Å². The fourth-order valence-electron chi connectivity index (χ4n) is 2.73. The Kier molecular flexibility index (Phi) is 6.96. The second-order valence-corrected chi connectivity index (χ2v) is 9.52. The third kappa shape index (κ3) is 5.52. The summed E-state index contributed by atoms with van der Waals surface area (Å²) in [6.07, 6.45) is 0. The molecule has 11 heteroatoms. The summed E-state index contributed by atoms with van der Waals surface area (Å²) in [5.41, 5.74) is 1.41. The number of hydrogen-bond donors (Lipinski definition) is 2. The lowest BCUT2D eigenvalue weighted by atomic mass is 10.1. The second-order valence-electron chi connectivity index (χ2n) is 6.61. The smallest absolute Gasteiger partial charge is 0.262 e. The molecule has 2 aromatic carbocycles. The van der Waals surface area contributed by atoms with Gasteiger partial charge in [-0.05, 0) is 60.3 Å². The lowest BCUT2D eigenvalue weighted by molar-refractivity contribution is -0.118. The number of aryl methyl sites for hydroxylation is 1. The van der Waals surface area contributed by atoms with Crippen LogP contribution in [0.2, 0.25) is 5.02 Å². The number of benzene rings is 2. The van der Waals surface area contributed by atoms with Crippen LogP contribution in [0.4, 0.5) is 11.4 Å². The van der Waals surface area contributed by atoms with Gasteiger partial charge in [-0.15, -0.1) is 0 Å². The van der Waals surface area contributed by atoms with Crippen LogP contribution in [-0.4, -0.2) is 26.7 Å². The van der Waals surface area contributed by atoms with Crippen molar-refractivity contribution in [1.29, 1.82) is 0 Å². The SMILES string of the molecule is [C-]#[N+]c1csc(C(=O)c2cc(Cl)ccc2OCC(=O)Nc2ccc(S(N)(=O)=O)cc2C)c1. The highest BCUT2D eigenvalue weighted by Crippen LogP contribution is 2.30. The summed E-state index contributed by atoms with van der Waals surface area (Å²) in [5.74, 6) is -0.734. The maximum absolute atomic E-state index is 12.9. The number of hydrogen-bond acceptors (Lipinski definition) is 6. The zero-order valence-corrected chi connectivity index (χ0v) is 19.0. The summed E-state index contributed by atoms with van der Waals surface area (Å²) in [6, 6.07) is 9.98.